The van der Waals surface area contributed by atoms with Gasteiger partial charge in [0.25, 0.3) is 0 Å². The number of benzene rings is 1. The number of hydrogen-bond donors (Lipinski definition) is 1. The minimum atomic E-state index is 0.673. The largest absolute Gasteiger partial charge is 0.493 e. The molecule has 1 aliphatic rings. The Kier molecular flexibility index (Phi) is 4.89. The van der Waals surface area contributed by atoms with Crippen LogP contribution in [0.4, 0.5) is 11.8 Å². The van der Waals surface area contributed by atoms with Crippen LogP contribution in [0.25, 0.3) is 10.9 Å². The van der Waals surface area contributed by atoms with Crippen molar-refractivity contribution in [2.45, 2.75) is 6.42 Å². The summed E-state index contributed by atoms with van der Waals surface area (Å²) < 4.78 is 10.8. The van der Waals surface area contributed by atoms with Crippen molar-refractivity contribution in [3.63, 3.8) is 0 Å². The van der Waals surface area contributed by atoms with Crippen LogP contribution in [0.15, 0.2) is 12.1 Å². The van der Waals surface area contributed by atoms with Crippen molar-refractivity contribution in [1.82, 2.24) is 14.9 Å². The third-order valence-electron chi connectivity index (χ3n) is 4.43. The van der Waals surface area contributed by atoms with Gasteiger partial charge in [-0.2, -0.15) is 4.98 Å². The van der Waals surface area contributed by atoms with E-state index in [1.807, 2.05) is 19.2 Å². The molecule has 0 saturated carbocycles. The van der Waals surface area contributed by atoms with Gasteiger partial charge in [-0.15, -0.1) is 0 Å². The maximum Gasteiger partial charge on any atom is 0.227 e. The fourth-order valence-electron chi connectivity index (χ4n) is 3.02. The van der Waals surface area contributed by atoms with Crippen molar-refractivity contribution in [3.8, 4) is 11.5 Å². The number of nitrogens with zero attached hydrogens (tertiary/aromatic N) is 4. The lowest BCUT2D eigenvalue weighted by molar-refractivity contribution is 0.356. The van der Waals surface area contributed by atoms with Crippen molar-refractivity contribution < 1.29 is 9.47 Å². The van der Waals surface area contributed by atoms with E-state index in [1.165, 1.54) is 0 Å². The van der Waals surface area contributed by atoms with Crippen molar-refractivity contribution in [1.29, 1.82) is 0 Å². The molecule has 0 radical (unpaired) electrons. The van der Waals surface area contributed by atoms with Crippen molar-refractivity contribution >= 4 is 22.7 Å². The zero-order valence-corrected chi connectivity index (χ0v) is 14.8. The van der Waals surface area contributed by atoms with Crippen molar-refractivity contribution in [2.24, 2.45) is 0 Å². The molecule has 7 nitrogen and oxygen atoms in total. The standard InChI is InChI=1S/C17H25N5O2/c1-18-16-12-10-14(23-3)15(24-4)11-13(12)19-17(20-16)22-7-5-6-21(2)8-9-22/h10-11H,5-9H2,1-4H3,(H,18,19,20). The Balaban J connectivity index is 2.06. The lowest BCUT2D eigenvalue weighted by atomic mass is 10.2. The predicted molar refractivity (Wildman–Crippen MR) is 96.5 cm³/mol. The summed E-state index contributed by atoms with van der Waals surface area (Å²) in [4.78, 5) is 14.1. The molecule has 2 heterocycles. The van der Waals surface area contributed by atoms with Gasteiger partial charge in [0.1, 0.15) is 5.82 Å². The van der Waals surface area contributed by atoms with Crippen LogP contribution in [0.1, 0.15) is 6.42 Å². The minimum absolute atomic E-state index is 0.673. The molecule has 0 atom stereocenters. The molecule has 1 aromatic carbocycles. The zero-order chi connectivity index (χ0) is 17.1. The fraction of sp³-hybridized carbons (Fsp3) is 0.529. The van der Waals surface area contributed by atoms with Gasteiger partial charge in [0.2, 0.25) is 5.95 Å². The summed E-state index contributed by atoms with van der Waals surface area (Å²) in [6.07, 6.45) is 1.11. The minimum Gasteiger partial charge on any atom is -0.493 e. The molecule has 1 N–H and O–H groups in total. The average molecular weight is 331 g/mol. The second-order valence-corrected chi connectivity index (χ2v) is 5.99. The highest BCUT2D eigenvalue weighted by molar-refractivity contribution is 5.92. The van der Waals surface area contributed by atoms with E-state index < -0.39 is 0 Å². The van der Waals surface area contributed by atoms with E-state index in [1.54, 1.807) is 14.2 Å². The second-order valence-electron chi connectivity index (χ2n) is 5.99. The highest BCUT2D eigenvalue weighted by atomic mass is 16.5. The molecule has 0 spiro atoms. The summed E-state index contributed by atoms with van der Waals surface area (Å²) in [5.74, 6) is 2.91. The van der Waals surface area contributed by atoms with Gasteiger partial charge in [0, 0.05) is 38.1 Å². The lowest BCUT2D eigenvalue weighted by Gasteiger charge is -2.22. The smallest absolute Gasteiger partial charge is 0.227 e. The lowest BCUT2D eigenvalue weighted by Crippen LogP contribution is -2.30. The highest BCUT2D eigenvalue weighted by Gasteiger charge is 2.18. The molecule has 1 aliphatic heterocycles. The van der Waals surface area contributed by atoms with Crippen LogP contribution in [0.2, 0.25) is 0 Å². The van der Waals surface area contributed by atoms with E-state index in [4.69, 9.17) is 19.4 Å². The number of fused-ring (bicyclic) bond motifs is 1. The fourth-order valence-corrected chi connectivity index (χ4v) is 3.02. The second kappa shape index (κ2) is 7.09. The van der Waals surface area contributed by atoms with Crippen LogP contribution >= 0.6 is 0 Å². The van der Waals surface area contributed by atoms with Crippen LogP contribution < -0.4 is 19.7 Å². The van der Waals surface area contributed by atoms with Crippen LogP contribution in [0.3, 0.4) is 0 Å². The summed E-state index contributed by atoms with van der Waals surface area (Å²) in [5, 5.41) is 4.10. The van der Waals surface area contributed by atoms with Gasteiger partial charge in [-0.3, -0.25) is 0 Å². The topological polar surface area (TPSA) is 62.8 Å². The van der Waals surface area contributed by atoms with Gasteiger partial charge in [-0.05, 0) is 26.1 Å². The summed E-state index contributed by atoms with van der Waals surface area (Å²) in [5.41, 5.74) is 0.847. The number of nitrogens with one attached hydrogen (secondary N) is 1. The van der Waals surface area contributed by atoms with Gasteiger partial charge < -0.3 is 24.6 Å². The molecular weight excluding hydrogens is 306 g/mol. The van der Waals surface area contributed by atoms with Gasteiger partial charge in [-0.1, -0.05) is 0 Å². The molecule has 1 fully saturated rings. The van der Waals surface area contributed by atoms with Crippen LogP contribution in [0, 0.1) is 0 Å². The molecule has 0 aliphatic carbocycles. The van der Waals surface area contributed by atoms with Crippen molar-refractivity contribution in [2.75, 3.05) is 64.7 Å². The Morgan fingerprint density at radius 3 is 2.46 bits per heavy atom. The summed E-state index contributed by atoms with van der Waals surface area (Å²) in [7, 11) is 7.29. The number of methoxy groups -OCH3 is 2. The van der Waals surface area contributed by atoms with Gasteiger partial charge in [0.05, 0.1) is 19.7 Å². The number of rotatable bonds is 4. The molecule has 3 rings (SSSR count). The van der Waals surface area contributed by atoms with Crippen LogP contribution in [-0.4, -0.2) is 69.4 Å². The Morgan fingerprint density at radius 2 is 1.75 bits per heavy atom. The van der Waals surface area contributed by atoms with Crippen molar-refractivity contribution in [3.05, 3.63) is 12.1 Å². The SMILES string of the molecule is CNc1nc(N2CCCN(C)CC2)nc2cc(OC)c(OC)cc12. The number of anilines is 2. The van der Waals surface area contributed by atoms with E-state index in [2.05, 4.69) is 22.2 Å². The summed E-state index contributed by atoms with van der Waals surface area (Å²) >= 11 is 0. The molecule has 7 heteroatoms. The number of likely N-dealkylation sites (N-methyl/N-ethyl adjacent to an activating group) is 1. The summed E-state index contributed by atoms with van der Waals surface area (Å²) in [6, 6.07) is 3.82. The molecule has 0 amide bonds. The molecule has 2 aromatic rings. The summed E-state index contributed by atoms with van der Waals surface area (Å²) in [6.45, 7) is 4.01. The maximum absolute atomic E-state index is 5.41. The Morgan fingerprint density at radius 1 is 1.00 bits per heavy atom. The molecule has 0 bridgehead atoms. The monoisotopic (exact) mass is 331 g/mol. The molecular formula is C17H25N5O2. The normalized spacial score (nSPS) is 16.1. The molecule has 24 heavy (non-hydrogen) atoms. The Labute approximate surface area is 142 Å². The average Bonchev–Trinajstić information content (AvgIpc) is 2.83. The van der Waals surface area contributed by atoms with Crippen LogP contribution in [-0.2, 0) is 0 Å². The van der Waals surface area contributed by atoms with E-state index in [-0.39, 0.29) is 0 Å². The van der Waals surface area contributed by atoms with E-state index in [0.29, 0.717) is 11.5 Å². The first-order chi connectivity index (χ1) is 11.7. The maximum atomic E-state index is 5.41. The molecule has 1 aromatic heterocycles. The van der Waals surface area contributed by atoms with E-state index in [0.717, 1.165) is 55.3 Å². The Hall–Kier alpha value is -2.28. The first-order valence-electron chi connectivity index (χ1n) is 8.21. The molecule has 1 saturated heterocycles. The van der Waals surface area contributed by atoms with Crippen LogP contribution in [0.5, 0.6) is 11.5 Å². The molecule has 0 unspecified atom stereocenters. The first kappa shape index (κ1) is 16.6. The molecule has 130 valence electrons. The third kappa shape index (κ3) is 3.17. The number of hydrogen-bond acceptors (Lipinski definition) is 7. The third-order valence-corrected chi connectivity index (χ3v) is 4.43. The van der Waals surface area contributed by atoms with E-state index in [9.17, 15) is 0 Å². The Bertz CT molecular complexity index is 722. The van der Waals surface area contributed by atoms with Gasteiger partial charge in [-0.25, -0.2) is 4.98 Å². The zero-order valence-electron chi connectivity index (χ0n) is 14.8. The number of aromatic nitrogens is 2. The van der Waals surface area contributed by atoms with E-state index >= 15 is 0 Å². The van der Waals surface area contributed by atoms with Gasteiger partial charge >= 0.3 is 0 Å². The number of ether oxygens (including phenoxy) is 2. The first-order valence-corrected chi connectivity index (χ1v) is 8.21. The predicted octanol–water partition coefficient (Wildman–Crippen LogP) is 1.83. The highest BCUT2D eigenvalue weighted by Crippen LogP contribution is 2.34. The quantitative estimate of drug-likeness (QED) is 0.917. The van der Waals surface area contributed by atoms with Gasteiger partial charge in [0.15, 0.2) is 11.5 Å².